The van der Waals surface area contributed by atoms with E-state index in [1.165, 1.54) is 104 Å². The molecule has 4 bridgehead atoms. The van der Waals surface area contributed by atoms with Gasteiger partial charge in [-0.25, -0.2) is 10.0 Å². The van der Waals surface area contributed by atoms with Crippen LogP contribution in [0.3, 0.4) is 0 Å². The van der Waals surface area contributed by atoms with Gasteiger partial charge in [-0.3, -0.25) is 0 Å². The summed E-state index contributed by atoms with van der Waals surface area (Å²) in [5, 5.41) is 0. The topological polar surface area (TPSA) is 3.24 Å². The molecule has 1 nitrogen and oxygen atoms in total. The van der Waals surface area contributed by atoms with E-state index >= 15 is 0 Å². The van der Waals surface area contributed by atoms with Gasteiger partial charge in [0.1, 0.15) is 0 Å². The summed E-state index contributed by atoms with van der Waals surface area (Å²) >= 11 is 0. The molecular weight excluding hydrogens is 743 g/mol. The van der Waals surface area contributed by atoms with Gasteiger partial charge < -0.3 is 4.90 Å². The number of nitrogens with zero attached hydrogens (tertiary/aromatic N) is 1. The lowest BCUT2D eigenvalue weighted by Crippen LogP contribution is -2.55. The fraction of sp³-hybridized carbons (Fsp3) is 0.276. The molecule has 0 N–H and O–H groups in total. The molecule has 2 heteroatoms. The molecule has 7 aromatic rings. The van der Waals surface area contributed by atoms with Gasteiger partial charge in [-0.1, -0.05) is 111 Å². The van der Waals surface area contributed by atoms with Crippen LogP contribution in [-0.2, 0) is 10.8 Å². The van der Waals surface area contributed by atoms with Crippen molar-refractivity contribution in [3.05, 3.63) is 180 Å². The van der Waals surface area contributed by atoms with Crippen molar-refractivity contribution in [2.45, 2.75) is 61.7 Å². The average molecular weight is 798 g/mol. The molecule has 13 rings (SSSR count). The molecule has 0 heterocycles. The van der Waals surface area contributed by atoms with Crippen molar-refractivity contribution in [2.75, 3.05) is 23.7 Å². The monoisotopic (exact) mass is 797 g/mol. The molecule has 0 amide bonds. The van der Waals surface area contributed by atoms with E-state index < -0.39 is 10.0 Å². The highest BCUT2D eigenvalue weighted by Crippen LogP contribution is 2.69. The Morgan fingerprint density at radius 3 is 1.60 bits per heavy atom. The van der Waals surface area contributed by atoms with Crippen LogP contribution in [0.2, 0.25) is 0 Å². The van der Waals surface area contributed by atoms with E-state index in [9.17, 15) is 0 Å². The lowest BCUT2D eigenvalue weighted by atomic mass is 9.43. The van der Waals surface area contributed by atoms with Crippen LogP contribution in [0.1, 0.15) is 68.2 Å². The van der Waals surface area contributed by atoms with Crippen molar-refractivity contribution in [2.24, 2.45) is 23.7 Å². The van der Waals surface area contributed by atoms with E-state index in [0.717, 1.165) is 29.4 Å². The van der Waals surface area contributed by atoms with E-state index in [4.69, 9.17) is 0 Å². The Morgan fingerprint density at radius 1 is 0.417 bits per heavy atom. The van der Waals surface area contributed by atoms with Gasteiger partial charge in [0, 0.05) is 27.9 Å². The third-order valence-corrected chi connectivity index (χ3v) is 17.5. The molecule has 0 radical (unpaired) electrons. The van der Waals surface area contributed by atoms with Crippen molar-refractivity contribution in [1.29, 1.82) is 0 Å². The third-order valence-electron chi connectivity index (χ3n) is 15.8. The molecule has 7 aromatic carbocycles. The lowest BCUT2D eigenvalue weighted by molar-refractivity contribution is -0.0399. The summed E-state index contributed by atoms with van der Waals surface area (Å²) in [6.07, 6.45) is 14.3. The van der Waals surface area contributed by atoms with Crippen molar-refractivity contribution in [3.63, 3.8) is 0 Å². The number of anilines is 3. The van der Waals surface area contributed by atoms with Crippen LogP contribution in [0.5, 0.6) is 0 Å². The van der Waals surface area contributed by atoms with Gasteiger partial charge >= 0.3 is 0 Å². The minimum atomic E-state index is -0.834. The SMILES string of the molecule is CC1(C)c2cc(-c3ccc4c(c3)-c3ccccc3C43C4CC5CC(C4)CC3C5)ccc2-c2ccc(N(c3ccc(-c4ccccc4)cc3)c3ccc(S(C)(C)C)cc3)cc21. The zero-order chi connectivity index (χ0) is 40.5. The van der Waals surface area contributed by atoms with Crippen LogP contribution >= 0.6 is 10.0 Å². The minimum absolute atomic E-state index is 0.160. The molecule has 6 aliphatic carbocycles. The zero-order valence-corrected chi connectivity index (χ0v) is 36.5. The highest BCUT2D eigenvalue weighted by Gasteiger charge is 2.61. The summed E-state index contributed by atoms with van der Waals surface area (Å²) in [5.74, 6) is 3.50. The average Bonchev–Trinajstić information content (AvgIpc) is 3.68. The van der Waals surface area contributed by atoms with Crippen molar-refractivity contribution in [3.8, 4) is 44.5 Å². The molecular formula is C58H55NS. The molecule has 1 spiro atoms. The number of hydrogen-bond acceptors (Lipinski definition) is 1. The van der Waals surface area contributed by atoms with Gasteiger partial charge in [-0.05, 0) is 207 Å². The van der Waals surface area contributed by atoms with Crippen LogP contribution in [0.25, 0.3) is 44.5 Å². The largest absolute Gasteiger partial charge is 0.310 e. The number of fused-ring (bicyclic) bond motifs is 6. The first-order valence-electron chi connectivity index (χ1n) is 22.4. The fourth-order valence-corrected chi connectivity index (χ4v) is 14.2. The van der Waals surface area contributed by atoms with E-state index in [2.05, 4.69) is 195 Å². The Balaban J connectivity index is 0.919. The van der Waals surface area contributed by atoms with Crippen LogP contribution in [0, 0.1) is 23.7 Å². The molecule has 0 aliphatic heterocycles. The molecule has 4 fully saturated rings. The Bertz CT molecular complexity index is 2790. The van der Waals surface area contributed by atoms with Crippen LogP contribution in [0.15, 0.2) is 163 Å². The van der Waals surface area contributed by atoms with Gasteiger partial charge in [0.25, 0.3) is 0 Å². The van der Waals surface area contributed by atoms with Crippen LogP contribution < -0.4 is 4.90 Å². The van der Waals surface area contributed by atoms with Gasteiger partial charge in [-0.15, -0.1) is 0 Å². The van der Waals surface area contributed by atoms with Crippen LogP contribution in [0.4, 0.5) is 17.1 Å². The fourth-order valence-electron chi connectivity index (χ4n) is 13.3. The quantitative estimate of drug-likeness (QED) is 0.162. The second-order valence-electron chi connectivity index (χ2n) is 20.2. The molecule has 6 aliphatic rings. The van der Waals surface area contributed by atoms with E-state index in [1.807, 2.05) is 0 Å². The number of hydrogen-bond donors (Lipinski definition) is 0. The molecule has 60 heavy (non-hydrogen) atoms. The molecule has 0 saturated heterocycles. The van der Waals surface area contributed by atoms with Gasteiger partial charge in [-0.2, -0.15) is 0 Å². The number of rotatable bonds is 6. The zero-order valence-electron chi connectivity index (χ0n) is 35.7. The summed E-state index contributed by atoms with van der Waals surface area (Å²) in [7, 11) is -0.834. The maximum atomic E-state index is 2.57. The molecule has 0 atom stereocenters. The van der Waals surface area contributed by atoms with Crippen molar-refractivity contribution >= 4 is 27.1 Å². The van der Waals surface area contributed by atoms with Gasteiger partial charge in [0.05, 0.1) is 0 Å². The summed E-state index contributed by atoms with van der Waals surface area (Å²) in [6, 6.07) is 60.7. The third kappa shape index (κ3) is 5.32. The molecule has 0 unspecified atom stereocenters. The van der Waals surface area contributed by atoms with Crippen molar-refractivity contribution in [1.82, 2.24) is 0 Å². The Labute approximate surface area is 358 Å². The lowest BCUT2D eigenvalue weighted by Gasteiger charge is -2.61. The summed E-state index contributed by atoms with van der Waals surface area (Å²) in [5.41, 5.74) is 20.5. The summed E-state index contributed by atoms with van der Waals surface area (Å²) in [6.45, 7) is 4.86. The highest BCUT2D eigenvalue weighted by molar-refractivity contribution is 8.32. The first-order chi connectivity index (χ1) is 29.1. The highest BCUT2D eigenvalue weighted by atomic mass is 32.3. The summed E-state index contributed by atoms with van der Waals surface area (Å²) < 4.78 is 0. The molecule has 298 valence electrons. The van der Waals surface area contributed by atoms with Gasteiger partial charge in [0.15, 0.2) is 0 Å². The van der Waals surface area contributed by atoms with Gasteiger partial charge in [0.2, 0.25) is 0 Å². The first-order valence-corrected chi connectivity index (χ1v) is 25.2. The summed E-state index contributed by atoms with van der Waals surface area (Å²) in [4.78, 5) is 3.87. The standard InChI is InChI=1S/C58H55NS/c1-57(2)55-35-42(41-18-28-54-52(34-41)49-13-9-10-14-53(49)58(54)43-30-37-29-38(32-43)33-44(58)31-37)17-26-50(55)51-27-23-47(36-56(51)57)59(46-21-24-48(25-22-46)60(3,4)5)45-19-15-40(16-20-45)39-11-7-6-8-12-39/h6-28,34-38,43-44H,29-33H2,1-5H3. The van der Waals surface area contributed by atoms with E-state index in [0.29, 0.717) is 0 Å². The van der Waals surface area contributed by atoms with E-state index in [-0.39, 0.29) is 10.8 Å². The molecule has 0 aromatic heterocycles. The predicted molar refractivity (Wildman–Crippen MR) is 256 cm³/mol. The smallest absolute Gasteiger partial charge is 0.0465 e. The maximum Gasteiger partial charge on any atom is 0.0465 e. The minimum Gasteiger partial charge on any atom is -0.310 e. The molecule has 4 saturated carbocycles. The Kier molecular flexibility index (Phi) is 7.97. The number of benzene rings is 7. The van der Waals surface area contributed by atoms with Crippen LogP contribution in [-0.4, -0.2) is 18.8 Å². The second-order valence-corrected chi connectivity index (χ2v) is 24.3. The predicted octanol–water partition coefficient (Wildman–Crippen LogP) is 15.6. The second kappa shape index (κ2) is 13.1. The normalized spacial score (nSPS) is 23.9. The van der Waals surface area contributed by atoms with Crippen molar-refractivity contribution < 1.29 is 0 Å². The Morgan fingerprint density at radius 2 is 0.917 bits per heavy atom. The first kappa shape index (κ1) is 36.5. The Hall–Kier alpha value is -5.31. The maximum absolute atomic E-state index is 2.57. The van der Waals surface area contributed by atoms with E-state index in [1.54, 1.807) is 11.1 Å².